The highest BCUT2D eigenvalue weighted by molar-refractivity contribution is 5.96. The summed E-state index contributed by atoms with van der Waals surface area (Å²) in [7, 11) is 3.10. The van der Waals surface area contributed by atoms with Crippen LogP contribution < -0.4 is 26.2 Å². The number of imidazole rings is 1. The van der Waals surface area contributed by atoms with Gasteiger partial charge in [0.2, 0.25) is 5.95 Å². The zero-order valence-corrected chi connectivity index (χ0v) is 20.0. The molecule has 1 saturated heterocycles. The first-order valence-corrected chi connectivity index (χ1v) is 11.3. The summed E-state index contributed by atoms with van der Waals surface area (Å²) in [6, 6.07) is 6.66. The molecule has 3 aromatic rings. The highest BCUT2D eigenvalue weighted by Crippen LogP contribution is 2.21. The van der Waals surface area contributed by atoms with Gasteiger partial charge in [-0.15, -0.1) is 0 Å². The lowest BCUT2D eigenvalue weighted by atomic mass is 10.1. The number of Topliss-reactive ketones (excluding diaryl/α,β-unsaturated/α-hetero) is 1. The molecule has 4 rings (SSSR count). The van der Waals surface area contributed by atoms with Crippen LogP contribution in [0, 0.1) is 0 Å². The number of rotatable bonds is 7. The predicted molar refractivity (Wildman–Crippen MR) is 131 cm³/mol. The van der Waals surface area contributed by atoms with E-state index >= 15 is 0 Å². The van der Waals surface area contributed by atoms with Gasteiger partial charge in [0.1, 0.15) is 5.75 Å². The first kappa shape index (κ1) is 23.5. The molecule has 1 aliphatic rings. The zero-order valence-electron chi connectivity index (χ0n) is 20.0. The van der Waals surface area contributed by atoms with Crippen LogP contribution in [0.5, 0.6) is 5.75 Å². The second-order valence-electron chi connectivity index (χ2n) is 8.60. The highest BCUT2D eigenvalue weighted by atomic mass is 16.5. The molecule has 1 aliphatic heterocycles. The van der Waals surface area contributed by atoms with E-state index in [0.717, 1.165) is 36.3 Å². The fourth-order valence-corrected chi connectivity index (χ4v) is 4.08. The van der Waals surface area contributed by atoms with E-state index in [9.17, 15) is 14.4 Å². The molecule has 2 aromatic heterocycles. The average molecular weight is 467 g/mol. The van der Waals surface area contributed by atoms with Crippen molar-refractivity contribution in [2.45, 2.75) is 26.9 Å². The molecule has 3 heterocycles. The van der Waals surface area contributed by atoms with Crippen LogP contribution in [-0.2, 0) is 20.1 Å². The SMILES string of the molecule is COc1cccc(C(=O)Cn2c(=O)c3c(nc(N4CCNCC4)n3CC=C(C)C)n(C)c2=O)c1. The van der Waals surface area contributed by atoms with Crippen LogP contribution in [0.4, 0.5) is 5.95 Å². The molecule has 0 bridgehead atoms. The van der Waals surface area contributed by atoms with Crippen molar-refractivity contribution in [1.29, 1.82) is 0 Å². The molecule has 1 fully saturated rings. The molecule has 10 nitrogen and oxygen atoms in total. The summed E-state index contributed by atoms with van der Waals surface area (Å²) in [5.74, 6) is 0.829. The van der Waals surface area contributed by atoms with E-state index in [0.29, 0.717) is 35.0 Å². The number of allylic oxidation sites excluding steroid dienone is 2. The Labute approximate surface area is 197 Å². The summed E-state index contributed by atoms with van der Waals surface area (Å²) in [4.78, 5) is 46.5. The first-order chi connectivity index (χ1) is 16.3. The number of carbonyl (C=O) groups is 1. The van der Waals surface area contributed by atoms with Gasteiger partial charge in [-0.2, -0.15) is 4.98 Å². The third-order valence-corrected chi connectivity index (χ3v) is 5.99. The summed E-state index contributed by atoms with van der Waals surface area (Å²) in [5.41, 5.74) is 1.000. The van der Waals surface area contributed by atoms with Crippen LogP contribution in [0.25, 0.3) is 11.2 Å². The molecule has 0 amide bonds. The van der Waals surface area contributed by atoms with Crippen LogP contribution in [0.2, 0.25) is 0 Å². The van der Waals surface area contributed by atoms with Crippen molar-refractivity contribution in [3.8, 4) is 5.75 Å². The minimum absolute atomic E-state index is 0.312. The van der Waals surface area contributed by atoms with Gasteiger partial charge in [-0.3, -0.25) is 18.7 Å². The van der Waals surface area contributed by atoms with Gasteiger partial charge in [0, 0.05) is 45.3 Å². The van der Waals surface area contributed by atoms with E-state index in [1.54, 1.807) is 31.3 Å². The summed E-state index contributed by atoms with van der Waals surface area (Å²) < 4.78 is 9.38. The number of hydrogen-bond donors (Lipinski definition) is 1. The van der Waals surface area contributed by atoms with Gasteiger partial charge in [0.05, 0.1) is 13.7 Å². The average Bonchev–Trinajstić information content (AvgIpc) is 3.24. The Hall–Kier alpha value is -3.66. The fourth-order valence-electron chi connectivity index (χ4n) is 4.08. The number of aryl methyl sites for hydroxylation is 1. The van der Waals surface area contributed by atoms with Gasteiger partial charge in [-0.05, 0) is 26.0 Å². The standard InChI is InChI=1S/C24H30N6O4/c1-16(2)8-11-29-20-21(26-23(29)28-12-9-25-10-13-28)27(3)24(33)30(22(20)32)15-19(31)17-6-5-7-18(14-17)34-4/h5-8,14,25H,9-13,15H2,1-4H3. The Morgan fingerprint density at radius 3 is 2.59 bits per heavy atom. The Kier molecular flexibility index (Phi) is 6.69. The van der Waals surface area contributed by atoms with Gasteiger partial charge in [0.25, 0.3) is 5.56 Å². The van der Waals surface area contributed by atoms with Gasteiger partial charge >= 0.3 is 5.69 Å². The molecule has 1 aromatic carbocycles. The molecule has 0 radical (unpaired) electrons. The summed E-state index contributed by atoms with van der Waals surface area (Å²) in [6.45, 7) is 7.16. The van der Waals surface area contributed by atoms with Crippen molar-refractivity contribution in [2.24, 2.45) is 7.05 Å². The van der Waals surface area contributed by atoms with E-state index in [1.165, 1.54) is 11.7 Å². The number of piperazine rings is 1. The number of carbonyl (C=O) groups excluding carboxylic acids is 1. The van der Waals surface area contributed by atoms with Gasteiger partial charge in [-0.1, -0.05) is 23.8 Å². The molecule has 0 atom stereocenters. The number of ketones is 1. The molecular formula is C24H30N6O4. The molecule has 34 heavy (non-hydrogen) atoms. The lowest BCUT2D eigenvalue weighted by Gasteiger charge is -2.28. The molecule has 0 saturated carbocycles. The topological polar surface area (TPSA) is 103 Å². The van der Waals surface area contributed by atoms with E-state index in [2.05, 4.69) is 10.2 Å². The minimum Gasteiger partial charge on any atom is -0.497 e. The second kappa shape index (κ2) is 9.68. The number of nitrogens with zero attached hydrogens (tertiary/aromatic N) is 5. The molecule has 0 spiro atoms. The molecular weight excluding hydrogens is 436 g/mol. The van der Waals surface area contributed by atoms with Crippen molar-refractivity contribution >= 4 is 22.9 Å². The Morgan fingerprint density at radius 1 is 1.18 bits per heavy atom. The maximum atomic E-state index is 13.6. The zero-order chi connectivity index (χ0) is 24.4. The lowest BCUT2D eigenvalue weighted by molar-refractivity contribution is 0.0968. The number of methoxy groups -OCH3 is 1. The van der Waals surface area contributed by atoms with Crippen molar-refractivity contribution in [3.63, 3.8) is 0 Å². The van der Waals surface area contributed by atoms with Crippen molar-refractivity contribution in [1.82, 2.24) is 24.0 Å². The molecule has 0 aliphatic carbocycles. The quantitative estimate of drug-likeness (QED) is 0.412. The second-order valence-corrected chi connectivity index (χ2v) is 8.60. The molecule has 1 N–H and O–H groups in total. The van der Waals surface area contributed by atoms with Crippen molar-refractivity contribution in [3.05, 3.63) is 62.3 Å². The van der Waals surface area contributed by atoms with Crippen molar-refractivity contribution in [2.75, 3.05) is 38.2 Å². The number of fused-ring (bicyclic) bond motifs is 1. The highest BCUT2D eigenvalue weighted by Gasteiger charge is 2.25. The lowest BCUT2D eigenvalue weighted by Crippen LogP contribution is -2.44. The van der Waals surface area contributed by atoms with Gasteiger partial charge in [-0.25, -0.2) is 4.79 Å². The minimum atomic E-state index is -0.576. The number of ether oxygens (including phenoxy) is 1. The van der Waals surface area contributed by atoms with E-state index in [-0.39, 0.29) is 12.3 Å². The largest absolute Gasteiger partial charge is 0.497 e. The number of hydrogen-bond acceptors (Lipinski definition) is 7. The van der Waals surface area contributed by atoms with Gasteiger partial charge < -0.3 is 19.5 Å². The number of anilines is 1. The maximum Gasteiger partial charge on any atom is 0.332 e. The van der Waals surface area contributed by atoms with E-state index in [1.807, 2.05) is 24.5 Å². The van der Waals surface area contributed by atoms with E-state index < -0.39 is 11.2 Å². The van der Waals surface area contributed by atoms with Crippen LogP contribution >= 0.6 is 0 Å². The molecule has 10 heteroatoms. The van der Waals surface area contributed by atoms with Gasteiger partial charge in [0.15, 0.2) is 16.9 Å². The third-order valence-electron chi connectivity index (χ3n) is 5.99. The third kappa shape index (κ3) is 4.41. The first-order valence-electron chi connectivity index (χ1n) is 11.3. The fraction of sp³-hybridized carbons (Fsp3) is 0.417. The van der Waals surface area contributed by atoms with Crippen LogP contribution in [0.15, 0.2) is 45.5 Å². The van der Waals surface area contributed by atoms with E-state index in [4.69, 9.17) is 9.72 Å². The maximum absolute atomic E-state index is 13.6. The van der Waals surface area contributed by atoms with Crippen LogP contribution in [0.3, 0.4) is 0 Å². The Bertz CT molecular complexity index is 1370. The van der Waals surface area contributed by atoms with Crippen molar-refractivity contribution < 1.29 is 9.53 Å². The number of nitrogens with one attached hydrogen (secondary N) is 1. The summed E-state index contributed by atoms with van der Waals surface area (Å²) in [6.07, 6.45) is 2.02. The monoisotopic (exact) mass is 466 g/mol. The Balaban J connectivity index is 1.86. The normalized spacial score (nSPS) is 13.8. The van der Waals surface area contributed by atoms with Crippen LogP contribution in [0.1, 0.15) is 24.2 Å². The summed E-state index contributed by atoms with van der Waals surface area (Å²) >= 11 is 0. The predicted octanol–water partition coefficient (Wildman–Crippen LogP) is 1.16. The van der Waals surface area contributed by atoms with Crippen LogP contribution in [-0.4, -0.2) is 57.8 Å². The Morgan fingerprint density at radius 2 is 1.91 bits per heavy atom. The molecule has 180 valence electrons. The number of aromatic nitrogens is 4. The molecule has 0 unspecified atom stereocenters. The summed E-state index contributed by atoms with van der Waals surface area (Å²) in [5, 5.41) is 3.32. The smallest absolute Gasteiger partial charge is 0.332 e. The number of benzene rings is 1.